The smallest absolute Gasteiger partial charge is 0.241 e. The normalized spacial score (nSPS) is 15.3. The van der Waals surface area contributed by atoms with E-state index in [1.807, 2.05) is 29.3 Å². The van der Waals surface area contributed by atoms with E-state index >= 15 is 0 Å². The van der Waals surface area contributed by atoms with E-state index in [1.54, 1.807) is 30.2 Å². The van der Waals surface area contributed by atoms with Crippen molar-refractivity contribution in [3.05, 3.63) is 186 Å². The summed E-state index contributed by atoms with van der Waals surface area (Å²) in [5.41, 5.74) is 6.29. The number of amides is 1. The van der Waals surface area contributed by atoms with Crippen molar-refractivity contribution >= 4 is 50.2 Å². The molecule has 0 saturated carbocycles. The zero-order chi connectivity index (χ0) is 39.5. The second-order valence-corrected chi connectivity index (χ2v) is 16.4. The van der Waals surface area contributed by atoms with Crippen molar-refractivity contribution in [3.63, 3.8) is 0 Å². The first-order valence-electron chi connectivity index (χ1n) is 19.5. The molecule has 0 aliphatic carbocycles. The molecule has 5 aromatic carbocycles. The molecule has 11 heteroatoms. The van der Waals surface area contributed by atoms with Crippen LogP contribution < -0.4 is 4.90 Å². The number of carbonyl (C=O) groups excluding carboxylic acids is 1. The van der Waals surface area contributed by atoms with E-state index in [9.17, 15) is 9.18 Å². The average Bonchev–Trinajstić information content (AvgIpc) is 3.72. The van der Waals surface area contributed by atoms with Gasteiger partial charge in [-0.2, -0.15) is 0 Å². The average molecular weight is 789 g/mol. The lowest BCUT2D eigenvalue weighted by molar-refractivity contribution is -0.121. The van der Waals surface area contributed by atoms with E-state index in [1.165, 1.54) is 22.8 Å². The zero-order valence-electron chi connectivity index (χ0n) is 32.5. The fourth-order valence-corrected chi connectivity index (χ4v) is 9.54. The van der Waals surface area contributed by atoms with Gasteiger partial charge >= 0.3 is 0 Å². The van der Waals surface area contributed by atoms with Crippen LogP contribution in [0.25, 0.3) is 0 Å². The van der Waals surface area contributed by atoms with Crippen LogP contribution in [0.1, 0.15) is 46.8 Å². The molecule has 7 rings (SSSR count). The Morgan fingerprint density at radius 3 is 2.25 bits per heavy atom. The van der Waals surface area contributed by atoms with Gasteiger partial charge in [0.05, 0.1) is 31.5 Å². The van der Waals surface area contributed by atoms with Crippen LogP contribution in [0, 0.1) is 5.82 Å². The van der Waals surface area contributed by atoms with Crippen molar-refractivity contribution in [1.82, 2.24) is 14.5 Å². The van der Waals surface area contributed by atoms with Crippen LogP contribution in [0.2, 0.25) is 0 Å². The number of aromatic nitrogens is 2. The molecule has 2 unspecified atom stereocenters. The molecule has 1 radical (unpaired) electrons. The maximum atomic E-state index is 14.4. The summed E-state index contributed by atoms with van der Waals surface area (Å²) in [5.74, 6) is -0.229. The van der Waals surface area contributed by atoms with Crippen LogP contribution in [0.15, 0.2) is 157 Å². The van der Waals surface area contributed by atoms with E-state index in [4.69, 9.17) is 6.80 Å². The Morgan fingerprint density at radius 1 is 0.909 bits per heavy atom. The molecule has 1 amide bonds. The molecule has 6 nitrogen and oxygen atoms in total. The molecule has 1 fully saturated rings. The lowest BCUT2D eigenvalue weighted by Gasteiger charge is -2.36. The van der Waals surface area contributed by atoms with E-state index in [-0.39, 0.29) is 17.8 Å². The second kappa shape index (κ2) is 19.1. The SMILES string of the molecule is [2H]P([B][3H])SOCCCC(c1cccc(F)c1)n1cncc1CCN1CCN(c2cccc(SC(c3ccccc3)(c3ccccc3)c3ccccc3)c2)C(=O)C1. The third-order valence-electron chi connectivity index (χ3n) is 10.0. The highest BCUT2D eigenvalue weighted by atomic mass is 32.7. The Bertz CT molecular complexity index is 2100. The van der Waals surface area contributed by atoms with Crippen LogP contribution in [0.5, 0.6) is 0 Å². The van der Waals surface area contributed by atoms with Crippen LogP contribution >= 0.6 is 31.0 Å². The summed E-state index contributed by atoms with van der Waals surface area (Å²) < 4.78 is 36.5. The van der Waals surface area contributed by atoms with Gasteiger partial charge in [0.2, 0.25) is 5.91 Å². The summed E-state index contributed by atoms with van der Waals surface area (Å²) in [5, 5.41) is 0. The number of rotatable bonds is 18. The molecule has 279 valence electrons. The molecule has 2 atom stereocenters. The minimum absolute atomic E-state index is 0.0622. The van der Waals surface area contributed by atoms with Crippen molar-refractivity contribution in [3.8, 4) is 0 Å². The van der Waals surface area contributed by atoms with E-state index in [0.717, 1.165) is 47.6 Å². The number of thioether (sulfide) groups is 1. The van der Waals surface area contributed by atoms with E-state index in [2.05, 4.69) is 118 Å². The quantitative estimate of drug-likeness (QED) is 0.0216. The topological polar surface area (TPSA) is 50.6 Å². The molecule has 2 heterocycles. The molecule has 0 bridgehead atoms. The summed E-state index contributed by atoms with van der Waals surface area (Å²) in [6.07, 6.45) is 5.72. The fourth-order valence-electron chi connectivity index (χ4n) is 7.44. The van der Waals surface area contributed by atoms with Crippen molar-refractivity contribution in [2.45, 2.75) is 34.9 Å². The van der Waals surface area contributed by atoms with Gasteiger partial charge in [-0.15, -0.1) is 11.8 Å². The molecule has 0 N–H and O–H groups in total. The Kier molecular flexibility index (Phi) is 12.7. The highest BCUT2D eigenvalue weighted by Crippen LogP contribution is 2.52. The van der Waals surface area contributed by atoms with Crippen LogP contribution in [-0.2, 0) is 20.1 Å². The van der Waals surface area contributed by atoms with Gasteiger partial charge in [0, 0.05) is 60.2 Å². The van der Waals surface area contributed by atoms with Crippen LogP contribution in [-0.4, -0.2) is 63.3 Å². The molecular formula is C44H44BFN4O2PS2. The molecule has 0 spiro atoms. The number of imidazole rings is 1. The number of piperazine rings is 1. The van der Waals surface area contributed by atoms with Gasteiger partial charge in [0.15, 0.2) is 0 Å². The first-order chi connectivity index (χ1) is 27.9. The summed E-state index contributed by atoms with van der Waals surface area (Å²) >= 11 is 2.81. The molecule has 1 aliphatic rings. The number of hydrogen-bond acceptors (Lipinski definition) is 6. The lowest BCUT2D eigenvalue weighted by atomic mass is 9.84. The number of carbonyl (C=O) groups is 1. The zero-order valence-corrected chi connectivity index (χ0v) is 33.0. The summed E-state index contributed by atoms with van der Waals surface area (Å²) in [7, 11) is -0.283. The summed E-state index contributed by atoms with van der Waals surface area (Å²) in [4.78, 5) is 23.5. The third-order valence-corrected chi connectivity index (χ3v) is 12.5. The Balaban J connectivity index is 1.04. The maximum Gasteiger partial charge on any atom is 0.241 e. The van der Waals surface area contributed by atoms with Gasteiger partial charge in [0.25, 0.3) is 0 Å². The third kappa shape index (κ3) is 9.45. The summed E-state index contributed by atoms with van der Waals surface area (Å²) in [6.45, 7) is 2.73. The van der Waals surface area contributed by atoms with Gasteiger partial charge in [-0.25, -0.2) is 9.37 Å². The van der Waals surface area contributed by atoms with Crippen molar-refractivity contribution in [1.29, 1.82) is 2.61 Å². The first kappa shape index (κ1) is 36.5. The predicted octanol–water partition coefficient (Wildman–Crippen LogP) is 9.44. The predicted molar refractivity (Wildman–Crippen MR) is 229 cm³/mol. The number of benzene rings is 5. The number of halogens is 1. The van der Waals surface area contributed by atoms with Crippen molar-refractivity contribution in [2.75, 3.05) is 37.7 Å². The number of hydrogen-bond donors (Lipinski definition) is 0. The van der Waals surface area contributed by atoms with Gasteiger partial charge in [0.1, 0.15) is 13.3 Å². The van der Waals surface area contributed by atoms with Gasteiger partial charge in [-0.1, -0.05) is 117 Å². The molecule has 55 heavy (non-hydrogen) atoms. The number of anilines is 1. The molecular weight excluding hydrogens is 741 g/mol. The first-order valence-corrected chi connectivity index (χ1v) is 21.6. The van der Waals surface area contributed by atoms with E-state index < -0.39 is 12.4 Å². The van der Waals surface area contributed by atoms with Gasteiger partial charge in [-0.05, 0) is 66.8 Å². The largest absolute Gasteiger partial charge is 0.327 e. The standard InChI is InChI=1S/C44H44BFN4O2PS2/c45-53-55-52-28-12-23-42(34-13-10-20-38(46)29-34)50-33-47-31-40(50)24-25-48-26-27-49(43(51)32-48)39-21-11-22-41(30-39)54-44(35-14-4-1-5-15-35,36-16-6-2-7-17-36)37-18-8-3-9-19-37/h1-11,13-22,29-31,33,42,45,53H,12,23-28,32H2/i45T,53D. The highest BCUT2D eigenvalue weighted by molar-refractivity contribution is 8.53. The monoisotopic (exact) mass is 788 g/mol. The van der Waals surface area contributed by atoms with E-state index in [0.29, 0.717) is 45.5 Å². The molecule has 1 saturated heterocycles. The second-order valence-electron chi connectivity index (χ2n) is 13.5. The minimum atomic E-state index is -1.37. The molecule has 1 aliphatic heterocycles. The maximum absolute atomic E-state index is 14.4. The molecule has 6 aromatic rings. The van der Waals surface area contributed by atoms with Gasteiger partial charge < -0.3 is 13.7 Å². The van der Waals surface area contributed by atoms with Gasteiger partial charge in [-0.3, -0.25) is 9.69 Å². The number of nitrogens with zero attached hydrogens (tertiary/aromatic N) is 4. The lowest BCUT2D eigenvalue weighted by Crippen LogP contribution is -2.51. The fraction of sp³-hybridized carbons (Fsp3) is 0.227. The Hall–Kier alpha value is -4.18. The van der Waals surface area contributed by atoms with Crippen LogP contribution in [0.4, 0.5) is 10.1 Å². The molecule has 1 aromatic heterocycles. The van der Waals surface area contributed by atoms with Crippen molar-refractivity contribution < 1.29 is 13.4 Å². The Labute approximate surface area is 337 Å². The minimum Gasteiger partial charge on any atom is -0.327 e. The highest BCUT2D eigenvalue weighted by Gasteiger charge is 2.38. The Morgan fingerprint density at radius 2 is 1.60 bits per heavy atom. The van der Waals surface area contributed by atoms with Crippen LogP contribution in [0.3, 0.4) is 0 Å². The summed E-state index contributed by atoms with van der Waals surface area (Å²) in [6, 6.07) is 46.8. The van der Waals surface area contributed by atoms with Crippen molar-refractivity contribution in [2.24, 2.45) is 0 Å².